The fourth-order valence-electron chi connectivity index (χ4n) is 2.30. The predicted molar refractivity (Wildman–Crippen MR) is 80.3 cm³/mol. The van der Waals surface area contributed by atoms with Gasteiger partial charge in [-0.2, -0.15) is 0 Å². The number of hydrogen-bond acceptors (Lipinski definition) is 6. The number of furan rings is 1. The van der Waals surface area contributed by atoms with Gasteiger partial charge in [0, 0.05) is 5.56 Å². The average Bonchev–Trinajstić information content (AvgIpc) is 3.26. The molecule has 0 aliphatic heterocycles. The lowest BCUT2D eigenvalue weighted by Gasteiger charge is -2.21. The van der Waals surface area contributed by atoms with Crippen molar-refractivity contribution in [1.29, 1.82) is 0 Å². The third kappa shape index (κ3) is 2.89. The quantitative estimate of drug-likeness (QED) is 0.729. The van der Waals surface area contributed by atoms with Crippen molar-refractivity contribution in [2.45, 2.75) is 12.0 Å². The molecule has 3 rings (SSSR count). The van der Waals surface area contributed by atoms with Gasteiger partial charge in [-0.15, -0.1) is 0 Å². The first kappa shape index (κ1) is 15.1. The van der Waals surface area contributed by atoms with Crippen LogP contribution in [0, 0.1) is 0 Å². The lowest BCUT2D eigenvalue weighted by atomic mass is 9.95. The van der Waals surface area contributed by atoms with Crippen LogP contribution in [0.2, 0.25) is 0 Å². The molecular formula is C17H15NO5. The molecule has 2 aromatic heterocycles. The topological polar surface area (TPSA) is 85.7 Å². The summed E-state index contributed by atoms with van der Waals surface area (Å²) in [6.45, 7) is 0. The maximum Gasteiger partial charge on any atom is 0.346 e. The number of rotatable bonds is 5. The van der Waals surface area contributed by atoms with Crippen LogP contribution in [0.25, 0.3) is 11.5 Å². The fraction of sp³-hybridized carbons (Fsp3) is 0.176. The summed E-state index contributed by atoms with van der Waals surface area (Å²) in [4.78, 5) is 16.2. The molecular weight excluding hydrogens is 298 g/mol. The molecule has 0 saturated heterocycles. The minimum absolute atomic E-state index is 0.0852. The number of oxazole rings is 1. The van der Waals surface area contributed by atoms with Crippen molar-refractivity contribution in [2.24, 2.45) is 0 Å². The molecule has 0 aliphatic rings. The Morgan fingerprint density at radius 2 is 2.04 bits per heavy atom. The summed E-state index contributed by atoms with van der Waals surface area (Å²) >= 11 is 0. The molecule has 0 aliphatic carbocycles. The second-order valence-corrected chi connectivity index (χ2v) is 5.00. The van der Waals surface area contributed by atoms with Crippen LogP contribution in [0.1, 0.15) is 11.5 Å². The summed E-state index contributed by atoms with van der Waals surface area (Å²) in [6.07, 6.45) is 2.70. The van der Waals surface area contributed by atoms with E-state index in [9.17, 15) is 9.90 Å². The Morgan fingerprint density at radius 1 is 1.26 bits per heavy atom. The molecule has 0 radical (unpaired) electrons. The number of benzene rings is 1. The smallest absolute Gasteiger partial charge is 0.346 e. The van der Waals surface area contributed by atoms with Crippen LogP contribution in [-0.4, -0.2) is 23.2 Å². The second kappa shape index (κ2) is 6.10. The zero-order valence-electron chi connectivity index (χ0n) is 12.4. The van der Waals surface area contributed by atoms with Gasteiger partial charge in [0.15, 0.2) is 0 Å². The Balaban J connectivity index is 1.90. The van der Waals surface area contributed by atoms with E-state index in [1.54, 1.807) is 6.07 Å². The van der Waals surface area contributed by atoms with E-state index in [0.29, 0.717) is 11.7 Å². The number of ether oxygens (including phenoxy) is 1. The molecule has 6 nitrogen and oxygen atoms in total. The van der Waals surface area contributed by atoms with Crippen LogP contribution in [0.4, 0.5) is 0 Å². The summed E-state index contributed by atoms with van der Waals surface area (Å²) in [5, 5.41) is 10.7. The fourth-order valence-corrected chi connectivity index (χ4v) is 2.30. The molecule has 118 valence electrons. The van der Waals surface area contributed by atoms with Crippen molar-refractivity contribution in [3.8, 4) is 11.5 Å². The lowest BCUT2D eigenvalue weighted by molar-refractivity contribution is -0.166. The number of aliphatic hydroxyl groups is 1. The number of carbonyl (C=O) groups is 1. The molecule has 1 N–H and O–H groups in total. The van der Waals surface area contributed by atoms with Crippen LogP contribution in [0.15, 0.2) is 63.8 Å². The van der Waals surface area contributed by atoms with Crippen molar-refractivity contribution >= 4 is 5.97 Å². The Morgan fingerprint density at radius 3 is 2.70 bits per heavy atom. The van der Waals surface area contributed by atoms with E-state index < -0.39 is 11.6 Å². The molecule has 0 saturated carbocycles. The van der Waals surface area contributed by atoms with E-state index in [1.165, 1.54) is 25.6 Å². The lowest BCUT2D eigenvalue weighted by Crippen LogP contribution is -2.38. The molecule has 6 heteroatoms. The zero-order chi connectivity index (χ0) is 16.3. The summed E-state index contributed by atoms with van der Waals surface area (Å²) in [6, 6.07) is 12.4. The molecule has 0 unspecified atom stereocenters. The van der Waals surface area contributed by atoms with Gasteiger partial charge in [0.05, 0.1) is 26.0 Å². The molecule has 1 aromatic carbocycles. The van der Waals surface area contributed by atoms with E-state index >= 15 is 0 Å². The SMILES string of the molecule is COC(=O)[C@](O)(Cc1cnc(-c2ccccc2)o1)c1ccco1. The Hall–Kier alpha value is -2.86. The van der Waals surface area contributed by atoms with Crippen molar-refractivity contribution in [3.05, 3.63) is 66.4 Å². The number of carbonyl (C=O) groups excluding carboxylic acids is 1. The summed E-state index contributed by atoms with van der Waals surface area (Å²) in [5.74, 6) is 0.00698. The second-order valence-electron chi connectivity index (χ2n) is 5.00. The minimum atomic E-state index is -1.97. The van der Waals surface area contributed by atoms with Crippen LogP contribution in [0.3, 0.4) is 0 Å². The van der Waals surface area contributed by atoms with Gasteiger partial charge >= 0.3 is 5.97 Å². The normalized spacial score (nSPS) is 13.5. The molecule has 0 bridgehead atoms. The molecule has 0 amide bonds. The highest BCUT2D eigenvalue weighted by Crippen LogP contribution is 2.29. The standard InChI is InChI=1S/C17H15NO5/c1-21-16(19)17(20,14-8-5-9-22-14)10-13-11-18-15(23-13)12-6-3-2-4-7-12/h2-9,11,20H,10H2,1H3/t17-/m0/s1. The zero-order valence-corrected chi connectivity index (χ0v) is 12.4. The van der Waals surface area contributed by atoms with Gasteiger partial charge in [-0.3, -0.25) is 0 Å². The molecule has 23 heavy (non-hydrogen) atoms. The minimum Gasteiger partial charge on any atom is -0.467 e. The maximum absolute atomic E-state index is 12.0. The van der Waals surface area contributed by atoms with Crippen molar-refractivity contribution in [2.75, 3.05) is 7.11 Å². The van der Waals surface area contributed by atoms with Crippen LogP contribution < -0.4 is 0 Å². The maximum atomic E-state index is 12.0. The highest BCUT2D eigenvalue weighted by atomic mass is 16.5. The molecule has 0 fully saturated rings. The number of methoxy groups -OCH3 is 1. The molecule has 3 aromatic rings. The van der Waals surface area contributed by atoms with Crippen molar-refractivity contribution in [1.82, 2.24) is 4.98 Å². The van der Waals surface area contributed by atoms with E-state index in [4.69, 9.17) is 13.6 Å². The van der Waals surface area contributed by atoms with Gasteiger partial charge in [-0.05, 0) is 24.3 Å². The number of hydrogen-bond donors (Lipinski definition) is 1. The number of esters is 1. The van der Waals surface area contributed by atoms with Gasteiger partial charge in [-0.1, -0.05) is 18.2 Å². The summed E-state index contributed by atoms with van der Waals surface area (Å²) in [5.41, 5.74) is -1.16. The third-order valence-electron chi connectivity index (χ3n) is 3.46. The van der Waals surface area contributed by atoms with Gasteiger partial charge in [0.25, 0.3) is 0 Å². The largest absolute Gasteiger partial charge is 0.467 e. The number of aromatic nitrogens is 1. The van der Waals surface area contributed by atoms with E-state index in [0.717, 1.165) is 5.56 Å². The van der Waals surface area contributed by atoms with E-state index in [1.807, 2.05) is 30.3 Å². The first-order valence-corrected chi connectivity index (χ1v) is 6.98. The molecule has 1 atom stereocenters. The summed E-state index contributed by atoms with van der Waals surface area (Å²) < 4.78 is 15.5. The Bertz CT molecular complexity index is 778. The van der Waals surface area contributed by atoms with E-state index in [2.05, 4.69) is 4.98 Å². The van der Waals surface area contributed by atoms with Crippen LogP contribution in [0.5, 0.6) is 0 Å². The average molecular weight is 313 g/mol. The van der Waals surface area contributed by atoms with E-state index in [-0.39, 0.29) is 12.2 Å². The van der Waals surface area contributed by atoms with Crippen LogP contribution >= 0.6 is 0 Å². The summed E-state index contributed by atoms with van der Waals surface area (Å²) in [7, 11) is 1.20. The van der Waals surface area contributed by atoms with Gasteiger partial charge in [0.1, 0.15) is 11.5 Å². The highest BCUT2D eigenvalue weighted by molar-refractivity contribution is 5.80. The predicted octanol–water partition coefficient (Wildman–Crippen LogP) is 2.54. The van der Waals surface area contributed by atoms with Crippen LogP contribution in [-0.2, 0) is 21.6 Å². The van der Waals surface area contributed by atoms with Crippen molar-refractivity contribution < 1.29 is 23.5 Å². The first-order chi connectivity index (χ1) is 11.1. The first-order valence-electron chi connectivity index (χ1n) is 6.98. The van der Waals surface area contributed by atoms with Gasteiger partial charge < -0.3 is 18.7 Å². The highest BCUT2D eigenvalue weighted by Gasteiger charge is 2.43. The monoisotopic (exact) mass is 313 g/mol. The third-order valence-corrected chi connectivity index (χ3v) is 3.46. The Labute approximate surface area is 132 Å². The van der Waals surface area contributed by atoms with Gasteiger partial charge in [0.2, 0.25) is 11.5 Å². The molecule has 0 spiro atoms. The number of nitrogens with zero attached hydrogens (tertiary/aromatic N) is 1. The van der Waals surface area contributed by atoms with Crippen molar-refractivity contribution in [3.63, 3.8) is 0 Å². The Kier molecular flexibility index (Phi) is 3.99. The van der Waals surface area contributed by atoms with Gasteiger partial charge in [-0.25, -0.2) is 9.78 Å². The molecule has 2 heterocycles.